The summed E-state index contributed by atoms with van der Waals surface area (Å²) in [6.07, 6.45) is 2.87. The Hall–Kier alpha value is -1.45. The van der Waals surface area contributed by atoms with Gasteiger partial charge >= 0.3 is 5.97 Å². The first kappa shape index (κ1) is 8.64. The summed E-state index contributed by atoms with van der Waals surface area (Å²) in [6, 6.07) is 1.64. The smallest absolute Gasteiger partial charge is 0.376 e. The molecule has 0 saturated carbocycles. The second-order valence-electron chi connectivity index (χ2n) is 2.53. The first-order valence-corrected chi connectivity index (χ1v) is 3.68. The number of hydrogen-bond acceptors (Lipinski definition) is 4. The lowest BCUT2D eigenvalue weighted by Crippen LogP contribution is -2.14. The molecule has 0 N–H and O–H groups in total. The first-order valence-electron chi connectivity index (χ1n) is 3.68. The van der Waals surface area contributed by atoms with Crippen molar-refractivity contribution in [3.63, 3.8) is 0 Å². The molecule has 4 nitrogen and oxygen atoms in total. The summed E-state index contributed by atoms with van der Waals surface area (Å²) in [4.78, 5) is 18.6. The fraction of sp³-hybridized carbons (Fsp3) is 0.375. The highest BCUT2D eigenvalue weighted by atomic mass is 16.5. The van der Waals surface area contributed by atoms with Crippen molar-refractivity contribution in [2.45, 2.75) is 20.0 Å². The van der Waals surface area contributed by atoms with Crippen molar-refractivity contribution in [3.05, 3.63) is 24.3 Å². The van der Waals surface area contributed by atoms with E-state index >= 15 is 0 Å². The van der Waals surface area contributed by atoms with Gasteiger partial charge in [0.2, 0.25) is 5.82 Å². The fourth-order valence-electron chi connectivity index (χ4n) is 0.671. The van der Waals surface area contributed by atoms with Crippen molar-refractivity contribution in [3.8, 4) is 0 Å². The van der Waals surface area contributed by atoms with E-state index in [1.165, 1.54) is 12.4 Å². The van der Waals surface area contributed by atoms with E-state index in [0.717, 1.165) is 0 Å². The molecule has 0 aliphatic heterocycles. The number of hydrogen-bond donors (Lipinski definition) is 0. The number of ether oxygens (including phenoxy) is 1. The SMILES string of the molecule is CC(C)OC(=O)c1ncccn1. The zero-order chi connectivity index (χ0) is 8.97. The van der Waals surface area contributed by atoms with Crippen molar-refractivity contribution in [1.29, 1.82) is 0 Å². The Morgan fingerprint density at radius 3 is 2.50 bits per heavy atom. The molecule has 12 heavy (non-hydrogen) atoms. The van der Waals surface area contributed by atoms with Gasteiger partial charge in [0.05, 0.1) is 6.10 Å². The van der Waals surface area contributed by atoms with Crippen LogP contribution in [0.3, 0.4) is 0 Å². The topological polar surface area (TPSA) is 52.1 Å². The molecule has 0 saturated heterocycles. The maximum absolute atomic E-state index is 11.1. The monoisotopic (exact) mass is 166 g/mol. The normalized spacial score (nSPS) is 9.92. The third-order valence-corrected chi connectivity index (χ3v) is 1.09. The van der Waals surface area contributed by atoms with Crippen molar-refractivity contribution in [2.75, 3.05) is 0 Å². The molecule has 1 heterocycles. The minimum Gasteiger partial charge on any atom is -0.457 e. The van der Waals surface area contributed by atoms with Gasteiger partial charge in [-0.05, 0) is 19.9 Å². The number of carbonyl (C=O) groups is 1. The van der Waals surface area contributed by atoms with E-state index in [0.29, 0.717) is 0 Å². The average Bonchev–Trinajstić information content (AvgIpc) is 2.05. The van der Waals surface area contributed by atoms with Crippen LogP contribution < -0.4 is 0 Å². The zero-order valence-electron chi connectivity index (χ0n) is 7.02. The molecular weight excluding hydrogens is 156 g/mol. The van der Waals surface area contributed by atoms with Crippen LogP contribution in [0.5, 0.6) is 0 Å². The number of aromatic nitrogens is 2. The molecule has 0 aromatic carbocycles. The molecular formula is C8H10N2O2. The third kappa shape index (κ3) is 2.30. The molecule has 0 atom stereocenters. The molecule has 1 aromatic heterocycles. The Morgan fingerprint density at radius 2 is 2.00 bits per heavy atom. The van der Waals surface area contributed by atoms with E-state index in [9.17, 15) is 4.79 Å². The number of rotatable bonds is 2. The summed E-state index contributed by atoms with van der Waals surface area (Å²) in [5, 5.41) is 0. The van der Waals surface area contributed by atoms with Gasteiger partial charge in [-0.3, -0.25) is 0 Å². The second-order valence-corrected chi connectivity index (χ2v) is 2.53. The van der Waals surface area contributed by atoms with Crippen LogP contribution >= 0.6 is 0 Å². The molecule has 0 bridgehead atoms. The van der Waals surface area contributed by atoms with Crippen LogP contribution in [0.25, 0.3) is 0 Å². The van der Waals surface area contributed by atoms with Crippen molar-refractivity contribution < 1.29 is 9.53 Å². The van der Waals surface area contributed by atoms with E-state index in [2.05, 4.69) is 9.97 Å². The molecule has 64 valence electrons. The molecule has 0 aliphatic rings. The van der Waals surface area contributed by atoms with Crippen LogP contribution in [0.15, 0.2) is 18.5 Å². The standard InChI is InChI=1S/C8H10N2O2/c1-6(2)12-8(11)7-9-4-3-5-10-7/h3-6H,1-2H3. The Labute approximate surface area is 70.6 Å². The molecule has 1 aromatic rings. The van der Waals surface area contributed by atoms with E-state index in [1.54, 1.807) is 19.9 Å². The largest absolute Gasteiger partial charge is 0.457 e. The number of nitrogens with zero attached hydrogens (tertiary/aromatic N) is 2. The lowest BCUT2D eigenvalue weighted by atomic mass is 10.5. The summed E-state index contributed by atoms with van der Waals surface area (Å²) in [5.41, 5.74) is 0. The molecule has 0 fully saturated rings. The van der Waals surface area contributed by atoms with Gasteiger partial charge in [-0.1, -0.05) is 0 Å². The van der Waals surface area contributed by atoms with Gasteiger partial charge in [-0.25, -0.2) is 14.8 Å². The van der Waals surface area contributed by atoms with Crippen LogP contribution in [0, 0.1) is 0 Å². The predicted molar refractivity (Wildman–Crippen MR) is 42.6 cm³/mol. The van der Waals surface area contributed by atoms with Gasteiger partial charge < -0.3 is 4.74 Å². The molecule has 0 unspecified atom stereocenters. The van der Waals surface area contributed by atoms with Crippen LogP contribution in [0.4, 0.5) is 0 Å². The molecule has 0 amide bonds. The van der Waals surface area contributed by atoms with E-state index < -0.39 is 5.97 Å². The van der Waals surface area contributed by atoms with E-state index in [4.69, 9.17) is 4.74 Å². The Morgan fingerprint density at radius 1 is 1.42 bits per heavy atom. The maximum Gasteiger partial charge on any atom is 0.376 e. The predicted octanol–water partition coefficient (Wildman–Crippen LogP) is 1.04. The lowest BCUT2D eigenvalue weighted by molar-refractivity contribution is 0.0363. The minimum atomic E-state index is -0.481. The first-order chi connectivity index (χ1) is 5.70. The van der Waals surface area contributed by atoms with Crippen LogP contribution in [0.1, 0.15) is 24.5 Å². The van der Waals surface area contributed by atoms with Crippen molar-refractivity contribution in [1.82, 2.24) is 9.97 Å². The van der Waals surface area contributed by atoms with Crippen LogP contribution in [-0.4, -0.2) is 22.0 Å². The van der Waals surface area contributed by atoms with Crippen molar-refractivity contribution >= 4 is 5.97 Å². The van der Waals surface area contributed by atoms with E-state index in [1.807, 2.05) is 0 Å². The highest BCUT2D eigenvalue weighted by Gasteiger charge is 2.10. The third-order valence-electron chi connectivity index (χ3n) is 1.09. The zero-order valence-corrected chi connectivity index (χ0v) is 7.02. The van der Waals surface area contributed by atoms with Crippen molar-refractivity contribution in [2.24, 2.45) is 0 Å². The quantitative estimate of drug-likeness (QED) is 0.616. The number of carbonyl (C=O) groups excluding carboxylic acids is 1. The molecule has 4 heteroatoms. The second kappa shape index (κ2) is 3.80. The van der Waals surface area contributed by atoms with Gasteiger partial charge in [0, 0.05) is 12.4 Å². The van der Waals surface area contributed by atoms with Crippen LogP contribution in [-0.2, 0) is 4.74 Å². The van der Waals surface area contributed by atoms with Gasteiger partial charge in [0.1, 0.15) is 0 Å². The summed E-state index contributed by atoms with van der Waals surface area (Å²) < 4.78 is 4.87. The van der Waals surface area contributed by atoms with Gasteiger partial charge in [-0.15, -0.1) is 0 Å². The maximum atomic E-state index is 11.1. The highest BCUT2D eigenvalue weighted by molar-refractivity contribution is 5.85. The van der Waals surface area contributed by atoms with Gasteiger partial charge in [0.15, 0.2) is 0 Å². The molecule has 0 spiro atoms. The highest BCUT2D eigenvalue weighted by Crippen LogP contribution is 1.95. The summed E-state index contributed by atoms with van der Waals surface area (Å²) in [7, 11) is 0. The van der Waals surface area contributed by atoms with Crippen LogP contribution in [0.2, 0.25) is 0 Å². The minimum absolute atomic E-state index is 0.103. The lowest BCUT2D eigenvalue weighted by Gasteiger charge is -2.05. The molecule has 1 rings (SSSR count). The average molecular weight is 166 g/mol. The molecule has 0 aliphatic carbocycles. The summed E-state index contributed by atoms with van der Waals surface area (Å²) >= 11 is 0. The van der Waals surface area contributed by atoms with Gasteiger partial charge in [-0.2, -0.15) is 0 Å². The number of esters is 1. The fourth-order valence-corrected chi connectivity index (χ4v) is 0.671. The van der Waals surface area contributed by atoms with Gasteiger partial charge in [0.25, 0.3) is 0 Å². The van der Waals surface area contributed by atoms with E-state index in [-0.39, 0.29) is 11.9 Å². The summed E-state index contributed by atoms with van der Waals surface area (Å²) in [6.45, 7) is 3.56. The molecule has 0 radical (unpaired) electrons. The Balaban J connectivity index is 2.66. The summed E-state index contributed by atoms with van der Waals surface area (Å²) in [5.74, 6) is -0.378. The Kier molecular flexibility index (Phi) is 2.74. The Bertz CT molecular complexity index is 259.